The number of rotatable bonds is 4. The quantitative estimate of drug-likeness (QED) is 0.684. The van der Waals surface area contributed by atoms with Gasteiger partial charge in [0, 0.05) is 36.1 Å². The van der Waals surface area contributed by atoms with Gasteiger partial charge in [0.15, 0.2) is 0 Å². The minimum atomic E-state index is -0.124. The Labute approximate surface area is 139 Å². The summed E-state index contributed by atoms with van der Waals surface area (Å²) < 4.78 is 0. The molecule has 120 valence electrons. The summed E-state index contributed by atoms with van der Waals surface area (Å²) in [7, 11) is 0. The van der Waals surface area contributed by atoms with Crippen LogP contribution in [-0.4, -0.2) is 21.0 Å². The van der Waals surface area contributed by atoms with Crippen LogP contribution >= 0.6 is 0 Å². The molecule has 2 aromatic carbocycles. The Morgan fingerprint density at radius 2 is 1.83 bits per heavy atom. The smallest absolute Gasteiger partial charge is 0.227 e. The summed E-state index contributed by atoms with van der Waals surface area (Å²) in [6, 6.07) is 16.0. The predicted molar refractivity (Wildman–Crippen MR) is 93.2 cm³/mol. The molecule has 0 unspecified atom stereocenters. The fourth-order valence-electron chi connectivity index (χ4n) is 2.25. The number of nitrogens with zero attached hydrogens (tertiary/aromatic N) is 2. The van der Waals surface area contributed by atoms with E-state index in [0.717, 1.165) is 11.3 Å². The molecule has 0 bridgehead atoms. The molecule has 1 amide bonds. The van der Waals surface area contributed by atoms with E-state index in [9.17, 15) is 9.90 Å². The van der Waals surface area contributed by atoms with E-state index in [-0.39, 0.29) is 11.7 Å². The van der Waals surface area contributed by atoms with Crippen LogP contribution in [0.25, 0.3) is 11.3 Å². The number of hydrogen-bond donors (Lipinski definition) is 3. The van der Waals surface area contributed by atoms with Crippen molar-refractivity contribution in [3.8, 4) is 17.0 Å². The largest absolute Gasteiger partial charge is 0.508 e. The first-order chi connectivity index (χ1) is 11.6. The van der Waals surface area contributed by atoms with Crippen molar-refractivity contribution in [3.05, 3.63) is 60.8 Å². The lowest BCUT2D eigenvalue weighted by molar-refractivity contribution is -0.114. The molecule has 0 aliphatic rings. The van der Waals surface area contributed by atoms with E-state index in [2.05, 4.69) is 20.6 Å². The van der Waals surface area contributed by atoms with Crippen LogP contribution in [0.2, 0.25) is 0 Å². The SMILES string of the molecule is CC(=O)Nc1cccc(-c2ccnc(Nc3cccc(O)c3)n2)c1. The number of aromatic nitrogens is 2. The monoisotopic (exact) mass is 320 g/mol. The zero-order valence-electron chi connectivity index (χ0n) is 13.0. The van der Waals surface area contributed by atoms with E-state index in [1.807, 2.05) is 30.3 Å². The molecule has 6 heteroatoms. The molecule has 6 nitrogen and oxygen atoms in total. The number of carbonyl (C=O) groups is 1. The number of hydrogen-bond acceptors (Lipinski definition) is 5. The second kappa shape index (κ2) is 6.78. The van der Waals surface area contributed by atoms with Crippen LogP contribution in [0.4, 0.5) is 17.3 Å². The minimum absolute atomic E-state index is 0.124. The lowest BCUT2D eigenvalue weighted by Crippen LogP contribution is -2.05. The summed E-state index contributed by atoms with van der Waals surface area (Å²) in [5.74, 6) is 0.461. The molecule has 24 heavy (non-hydrogen) atoms. The second-order valence-corrected chi connectivity index (χ2v) is 5.20. The highest BCUT2D eigenvalue weighted by molar-refractivity contribution is 5.89. The Balaban J connectivity index is 1.86. The van der Waals surface area contributed by atoms with Crippen molar-refractivity contribution >= 4 is 23.2 Å². The molecule has 0 saturated carbocycles. The fraction of sp³-hybridized carbons (Fsp3) is 0.0556. The Hall–Kier alpha value is -3.41. The first-order valence-electron chi connectivity index (χ1n) is 7.37. The fourth-order valence-corrected chi connectivity index (χ4v) is 2.25. The highest BCUT2D eigenvalue weighted by Crippen LogP contribution is 2.23. The normalized spacial score (nSPS) is 10.2. The second-order valence-electron chi connectivity index (χ2n) is 5.20. The molecule has 3 aromatic rings. The third-order valence-corrected chi connectivity index (χ3v) is 3.24. The summed E-state index contributed by atoms with van der Waals surface area (Å²) in [6.45, 7) is 1.47. The predicted octanol–water partition coefficient (Wildman–Crippen LogP) is 3.55. The van der Waals surface area contributed by atoms with Gasteiger partial charge in [-0.05, 0) is 30.3 Å². The van der Waals surface area contributed by atoms with Gasteiger partial charge in [-0.3, -0.25) is 4.79 Å². The average Bonchev–Trinajstić information content (AvgIpc) is 2.55. The van der Waals surface area contributed by atoms with E-state index in [1.165, 1.54) is 6.92 Å². The van der Waals surface area contributed by atoms with Gasteiger partial charge in [0.1, 0.15) is 5.75 Å². The Kier molecular flexibility index (Phi) is 4.38. The molecule has 1 heterocycles. The van der Waals surface area contributed by atoms with Gasteiger partial charge < -0.3 is 15.7 Å². The summed E-state index contributed by atoms with van der Waals surface area (Å²) in [5.41, 5.74) is 2.99. The molecule has 0 radical (unpaired) electrons. The van der Waals surface area contributed by atoms with Crippen molar-refractivity contribution in [3.63, 3.8) is 0 Å². The number of amides is 1. The molecule has 3 rings (SSSR count). The summed E-state index contributed by atoms with van der Waals surface area (Å²) in [5, 5.41) is 15.3. The average molecular weight is 320 g/mol. The van der Waals surface area contributed by atoms with E-state index in [0.29, 0.717) is 17.3 Å². The van der Waals surface area contributed by atoms with E-state index in [1.54, 1.807) is 30.5 Å². The molecular formula is C18H16N4O2. The number of phenolic OH excluding ortho intramolecular Hbond substituents is 1. The van der Waals surface area contributed by atoms with Crippen molar-refractivity contribution < 1.29 is 9.90 Å². The van der Waals surface area contributed by atoms with Crippen LogP contribution in [0, 0.1) is 0 Å². The van der Waals surface area contributed by atoms with E-state index in [4.69, 9.17) is 0 Å². The summed E-state index contributed by atoms with van der Waals surface area (Å²) in [6.07, 6.45) is 1.65. The zero-order valence-corrected chi connectivity index (χ0v) is 13.0. The third-order valence-electron chi connectivity index (χ3n) is 3.24. The molecule has 0 spiro atoms. The van der Waals surface area contributed by atoms with Gasteiger partial charge in [0.25, 0.3) is 0 Å². The maximum atomic E-state index is 11.2. The lowest BCUT2D eigenvalue weighted by Gasteiger charge is -2.08. The van der Waals surface area contributed by atoms with Crippen molar-refractivity contribution in [1.82, 2.24) is 9.97 Å². The molecule has 0 atom stereocenters. The highest BCUT2D eigenvalue weighted by Gasteiger charge is 2.05. The number of benzene rings is 2. The minimum Gasteiger partial charge on any atom is -0.508 e. The van der Waals surface area contributed by atoms with Crippen molar-refractivity contribution in [2.45, 2.75) is 6.92 Å². The van der Waals surface area contributed by atoms with Crippen molar-refractivity contribution in [2.75, 3.05) is 10.6 Å². The Bertz CT molecular complexity index is 880. The van der Waals surface area contributed by atoms with Crippen LogP contribution in [-0.2, 0) is 4.79 Å². The molecule has 0 aliphatic carbocycles. The van der Waals surface area contributed by atoms with E-state index >= 15 is 0 Å². The van der Waals surface area contributed by atoms with Gasteiger partial charge in [-0.1, -0.05) is 18.2 Å². The van der Waals surface area contributed by atoms with Crippen LogP contribution < -0.4 is 10.6 Å². The molecule has 0 saturated heterocycles. The summed E-state index contributed by atoms with van der Waals surface area (Å²) in [4.78, 5) is 19.8. The van der Waals surface area contributed by atoms with Crippen LogP contribution in [0.15, 0.2) is 60.8 Å². The van der Waals surface area contributed by atoms with E-state index < -0.39 is 0 Å². The Morgan fingerprint density at radius 3 is 2.62 bits per heavy atom. The Morgan fingerprint density at radius 1 is 1.04 bits per heavy atom. The standard InChI is InChI=1S/C18H16N4O2/c1-12(23)20-14-5-2-4-13(10-14)17-8-9-19-18(22-17)21-15-6-3-7-16(24)11-15/h2-11,24H,1H3,(H,20,23)(H,19,21,22). The lowest BCUT2D eigenvalue weighted by atomic mass is 10.1. The van der Waals surface area contributed by atoms with Gasteiger partial charge in [-0.15, -0.1) is 0 Å². The van der Waals surface area contributed by atoms with Crippen molar-refractivity contribution in [2.24, 2.45) is 0 Å². The third kappa shape index (κ3) is 3.86. The maximum absolute atomic E-state index is 11.2. The topological polar surface area (TPSA) is 87.1 Å². The maximum Gasteiger partial charge on any atom is 0.227 e. The zero-order chi connectivity index (χ0) is 16.9. The number of aromatic hydroxyl groups is 1. The summed E-state index contributed by atoms with van der Waals surface area (Å²) >= 11 is 0. The van der Waals surface area contributed by atoms with Gasteiger partial charge in [0.05, 0.1) is 5.69 Å². The molecular weight excluding hydrogens is 304 g/mol. The number of phenols is 1. The van der Waals surface area contributed by atoms with Gasteiger partial charge in [-0.2, -0.15) is 0 Å². The van der Waals surface area contributed by atoms with Crippen LogP contribution in [0.5, 0.6) is 5.75 Å². The van der Waals surface area contributed by atoms with Crippen LogP contribution in [0.1, 0.15) is 6.92 Å². The van der Waals surface area contributed by atoms with Crippen molar-refractivity contribution in [1.29, 1.82) is 0 Å². The highest BCUT2D eigenvalue weighted by atomic mass is 16.3. The number of anilines is 3. The van der Waals surface area contributed by atoms with Crippen LogP contribution in [0.3, 0.4) is 0 Å². The number of carbonyl (C=O) groups excluding carboxylic acids is 1. The van der Waals surface area contributed by atoms with Gasteiger partial charge in [0.2, 0.25) is 11.9 Å². The molecule has 3 N–H and O–H groups in total. The molecule has 1 aromatic heterocycles. The first kappa shape index (κ1) is 15.5. The molecule has 0 fully saturated rings. The first-order valence-corrected chi connectivity index (χ1v) is 7.37. The van der Waals surface area contributed by atoms with Gasteiger partial charge in [-0.25, -0.2) is 9.97 Å². The number of nitrogens with one attached hydrogen (secondary N) is 2. The van der Waals surface area contributed by atoms with Gasteiger partial charge >= 0.3 is 0 Å². The molecule has 0 aliphatic heterocycles.